The van der Waals surface area contributed by atoms with E-state index in [0.717, 1.165) is 5.56 Å². The summed E-state index contributed by atoms with van der Waals surface area (Å²) in [6, 6.07) is 13.1. The van der Waals surface area contributed by atoms with E-state index in [9.17, 15) is 24.9 Å². The first-order valence-corrected chi connectivity index (χ1v) is 8.10. The average molecular weight is 380 g/mol. The average Bonchev–Trinajstić information content (AvgIpc) is 2.64. The Bertz CT molecular complexity index is 768. The number of carboxylic acid groups (broad SMARTS) is 1. The third kappa shape index (κ3) is 5.19. The van der Waals surface area contributed by atoms with E-state index in [1.807, 2.05) is 6.07 Å². The highest BCUT2D eigenvalue weighted by molar-refractivity contribution is 6.31. The van der Waals surface area contributed by atoms with Crippen molar-refractivity contribution in [2.24, 2.45) is 0 Å². The summed E-state index contributed by atoms with van der Waals surface area (Å²) in [5, 5.41) is 31.8. The van der Waals surface area contributed by atoms with Gasteiger partial charge < -0.3 is 25.4 Å². The van der Waals surface area contributed by atoms with Crippen molar-refractivity contribution in [3.8, 4) is 0 Å². The number of aromatic carboxylic acids is 1. The van der Waals surface area contributed by atoms with Crippen LogP contribution in [0.1, 0.15) is 27.6 Å². The van der Waals surface area contributed by atoms with Crippen LogP contribution in [0.5, 0.6) is 0 Å². The minimum absolute atomic E-state index is 0.00287. The predicted octanol–water partition coefficient (Wildman–Crippen LogP) is 2.36. The van der Waals surface area contributed by atoms with Crippen LogP contribution in [-0.2, 0) is 11.3 Å². The molecule has 0 aliphatic rings. The summed E-state index contributed by atoms with van der Waals surface area (Å²) in [6.07, 6.45) is -3.85. The lowest BCUT2D eigenvalue weighted by atomic mass is 9.98. The minimum atomic E-state index is -1.59. The van der Waals surface area contributed by atoms with Gasteiger partial charge in [-0.1, -0.05) is 48.0 Å². The van der Waals surface area contributed by atoms with Crippen LogP contribution in [0.25, 0.3) is 0 Å². The standard InChI is InChI=1S/C18H18ClNO6/c19-13-8-4-7-12(17(23)24)15(13)16(22)14(21)9-20-18(25)26-10-11-5-2-1-3-6-11/h1-8,14,16,21-22H,9-10H2,(H,20,25)(H,23,24). The van der Waals surface area contributed by atoms with Gasteiger partial charge in [-0.25, -0.2) is 9.59 Å². The minimum Gasteiger partial charge on any atom is -0.478 e. The summed E-state index contributed by atoms with van der Waals surface area (Å²) in [4.78, 5) is 22.9. The molecule has 0 bridgehead atoms. The third-order valence-electron chi connectivity index (χ3n) is 3.61. The quantitative estimate of drug-likeness (QED) is 0.587. The largest absolute Gasteiger partial charge is 0.478 e. The summed E-state index contributed by atoms with van der Waals surface area (Å²) >= 11 is 5.95. The first-order valence-electron chi connectivity index (χ1n) is 7.72. The van der Waals surface area contributed by atoms with Crippen molar-refractivity contribution in [2.75, 3.05) is 6.54 Å². The molecular weight excluding hydrogens is 362 g/mol. The molecule has 2 rings (SSSR count). The molecule has 2 aromatic rings. The van der Waals surface area contributed by atoms with Gasteiger partial charge in [0.15, 0.2) is 0 Å². The number of alkyl carbamates (subject to hydrolysis) is 1. The van der Waals surface area contributed by atoms with Crippen LogP contribution < -0.4 is 5.32 Å². The number of benzene rings is 2. The van der Waals surface area contributed by atoms with E-state index in [-0.39, 0.29) is 29.3 Å². The summed E-state index contributed by atoms with van der Waals surface area (Å²) in [5.74, 6) is -1.29. The molecule has 7 nitrogen and oxygen atoms in total. The number of rotatable bonds is 7. The van der Waals surface area contributed by atoms with E-state index in [0.29, 0.717) is 0 Å². The molecule has 138 valence electrons. The number of hydrogen-bond donors (Lipinski definition) is 4. The van der Waals surface area contributed by atoms with Crippen LogP contribution >= 0.6 is 11.6 Å². The van der Waals surface area contributed by atoms with Gasteiger partial charge in [0.2, 0.25) is 0 Å². The molecule has 4 N–H and O–H groups in total. The van der Waals surface area contributed by atoms with Crippen molar-refractivity contribution in [2.45, 2.75) is 18.8 Å². The van der Waals surface area contributed by atoms with Crippen LogP contribution in [-0.4, -0.2) is 40.0 Å². The van der Waals surface area contributed by atoms with Crippen molar-refractivity contribution in [1.82, 2.24) is 5.32 Å². The number of carbonyl (C=O) groups excluding carboxylic acids is 1. The van der Waals surface area contributed by atoms with E-state index in [1.54, 1.807) is 24.3 Å². The van der Waals surface area contributed by atoms with Crippen LogP contribution in [0.3, 0.4) is 0 Å². The Morgan fingerprint density at radius 3 is 2.42 bits per heavy atom. The van der Waals surface area contributed by atoms with Gasteiger partial charge in [0.05, 0.1) is 5.56 Å². The second kappa shape index (κ2) is 9.19. The maximum absolute atomic E-state index is 11.7. The Balaban J connectivity index is 1.92. The van der Waals surface area contributed by atoms with Gasteiger partial charge in [0.25, 0.3) is 0 Å². The summed E-state index contributed by atoms with van der Waals surface area (Å²) in [6.45, 7) is -0.294. The fourth-order valence-corrected chi connectivity index (χ4v) is 2.58. The molecule has 2 atom stereocenters. The number of carboxylic acids is 1. The SMILES string of the molecule is O=C(NCC(O)C(O)c1c(Cl)cccc1C(=O)O)OCc1ccccc1. The van der Waals surface area contributed by atoms with Crippen molar-refractivity contribution in [3.63, 3.8) is 0 Å². The van der Waals surface area contributed by atoms with Gasteiger partial charge in [-0.2, -0.15) is 0 Å². The number of ether oxygens (including phenoxy) is 1. The van der Waals surface area contributed by atoms with Crippen molar-refractivity contribution >= 4 is 23.7 Å². The molecule has 0 radical (unpaired) electrons. The molecule has 0 spiro atoms. The van der Waals surface area contributed by atoms with Gasteiger partial charge in [-0.3, -0.25) is 0 Å². The number of amides is 1. The first kappa shape index (κ1) is 19.7. The maximum Gasteiger partial charge on any atom is 0.407 e. The summed E-state index contributed by atoms with van der Waals surface area (Å²) in [5.41, 5.74) is 0.453. The summed E-state index contributed by atoms with van der Waals surface area (Å²) in [7, 11) is 0. The number of hydrogen-bond acceptors (Lipinski definition) is 5. The lowest BCUT2D eigenvalue weighted by Crippen LogP contribution is -2.36. The van der Waals surface area contributed by atoms with E-state index in [4.69, 9.17) is 16.3 Å². The highest BCUT2D eigenvalue weighted by Gasteiger charge is 2.26. The molecule has 26 heavy (non-hydrogen) atoms. The van der Waals surface area contributed by atoms with Crippen molar-refractivity contribution < 1.29 is 29.6 Å². The number of halogens is 1. The molecule has 1 amide bonds. The predicted molar refractivity (Wildman–Crippen MR) is 94.0 cm³/mol. The molecule has 2 aromatic carbocycles. The third-order valence-corrected chi connectivity index (χ3v) is 3.94. The van der Waals surface area contributed by atoms with Gasteiger partial charge in [-0.05, 0) is 17.7 Å². The van der Waals surface area contributed by atoms with Crippen LogP contribution in [0, 0.1) is 0 Å². The molecule has 8 heteroatoms. The number of nitrogens with one attached hydrogen (secondary N) is 1. The van der Waals surface area contributed by atoms with Crippen LogP contribution in [0.15, 0.2) is 48.5 Å². The smallest absolute Gasteiger partial charge is 0.407 e. The monoisotopic (exact) mass is 379 g/mol. The van der Waals surface area contributed by atoms with Crippen LogP contribution in [0.2, 0.25) is 5.02 Å². The Morgan fingerprint density at radius 2 is 1.77 bits per heavy atom. The van der Waals surface area contributed by atoms with E-state index < -0.39 is 24.3 Å². The zero-order chi connectivity index (χ0) is 19.1. The second-order valence-corrected chi connectivity index (χ2v) is 5.87. The molecule has 0 aliphatic carbocycles. The Labute approximate surface area is 154 Å². The van der Waals surface area contributed by atoms with E-state index in [2.05, 4.69) is 5.32 Å². The zero-order valence-electron chi connectivity index (χ0n) is 13.6. The molecule has 0 fully saturated rings. The first-order chi connectivity index (χ1) is 12.4. The van der Waals surface area contributed by atoms with Crippen LogP contribution in [0.4, 0.5) is 4.79 Å². The van der Waals surface area contributed by atoms with Gasteiger partial charge in [-0.15, -0.1) is 0 Å². The normalized spacial score (nSPS) is 12.9. The van der Waals surface area contributed by atoms with Gasteiger partial charge >= 0.3 is 12.1 Å². The Kier molecular flexibility index (Phi) is 6.97. The van der Waals surface area contributed by atoms with E-state index >= 15 is 0 Å². The maximum atomic E-state index is 11.7. The number of carbonyl (C=O) groups is 2. The Hall–Kier alpha value is -2.61. The topological polar surface area (TPSA) is 116 Å². The number of aliphatic hydroxyl groups excluding tert-OH is 2. The fraction of sp³-hybridized carbons (Fsp3) is 0.222. The summed E-state index contributed by atoms with van der Waals surface area (Å²) < 4.78 is 4.99. The number of aliphatic hydroxyl groups is 2. The lowest BCUT2D eigenvalue weighted by Gasteiger charge is -2.21. The fourth-order valence-electron chi connectivity index (χ4n) is 2.29. The van der Waals surface area contributed by atoms with Gasteiger partial charge in [0.1, 0.15) is 18.8 Å². The Morgan fingerprint density at radius 1 is 1.08 bits per heavy atom. The van der Waals surface area contributed by atoms with Crippen molar-refractivity contribution in [1.29, 1.82) is 0 Å². The molecular formula is C18H18ClNO6. The second-order valence-electron chi connectivity index (χ2n) is 5.46. The molecule has 0 saturated heterocycles. The zero-order valence-corrected chi connectivity index (χ0v) is 14.4. The molecule has 0 aliphatic heterocycles. The highest BCUT2D eigenvalue weighted by Crippen LogP contribution is 2.29. The molecule has 0 heterocycles. The van der Waals surface area contributed by atoms with Crippen molar-refractivity contribution in [3.05, 3.63) is 70.2 Å². The molecule has 0 aromatic heterocycles. The highest BCUT2D eigenvalue weighted by atomic mass is 35.5. The van der Waals surface area contributed by atoms with E-state index in [1.165, 1.54) is 18.2 Å². The lowest BCUT2D eigenvalue weighted by molar-refractivity contribution is 0.0174. The van der Waals surface area contributed by atoms with Gasteiger partial charge in [0, 0.05) is 17.1 Å². The molecule has 2 unspecified atom stereocenters. The molecule has 0 saturated carbocycles.